The topological polar surface area (TPSA) is 78.5 Å². The summed E-state index contributed by atoms with van der Waals surface area (Å²) in [5.74, 6) is 3.13. The maximum atomic E-state index is 12.9. The summed E-state index contributed by atoms with van der Waals surface area (Å²) in [5, 5.41) is 4.05. The van der Waals surface area contributed by atoms with Gasteiger partial charge in [-0.3, -0.25) is 4.79 Å². The Bertz CT molecular complexity index is 1100. The SMILES string of the molecule is Cn1ccnc1SCc1ccc(C(=O)NCC2(c3ccc4c(c3)OCO4)CCCCC2)o1. The number of rotatable bonds is 7. The molecular formula is C24H27N3O4S. The molecule has 5 rings (SSSR count). The number of nitrogens with zero attached hydrogens (tertiary/aromatic N) is 2. The normalized spacial score (nSPS) is 16.8. The lowest BCUT2D eigenvalue weighted by Gasteiger charge is -2.38. The molecule has 1 aliphatic heterocycles. The number of aryl methyl sites for hydroxylation is 1. The predicted octanol–water partition coefficient (Wildman–Crippen LogP) is 4.67. The first-order chi connectivity index (χ1) is 15.6. The molecule has 1 N–H and O–H groups in total. The molecule has 1 saturated carbocycles. The third-order valence-corrected chi connectivity index (χ3v) is 7.47. The Morgan fingerprint density at radius 1 is 1.16 bits per heavy atom. The fourth-order valence-electron chi connectivity index (χ4n) is 4.56. The standard InChI is InChI=1S/C24H27N3O4S/c1-27-12-11-25-23(27)32-14-18-6-8-20(31-18)22(28)26-15-24(9-3-2-4-10-24)17-5-7-19-21(13-17)30-16-29-19/h5-8,11-13H,2-4,9-10,14-16H2,1H3,(H,26,28). The first kappa shape index (κ1) is 21.0. The van der Waals surface area contributed by atoms with Crippen LogP contribution in [0.15, 0.2) is 52.3 Å². The van der Waals surface area contributed by atoms with Gasteiger partial charge in [0.05, 0.1) is 5.75 Å². The molecule has 2 aliphatic rings. The van der Waals surface area contributed by atoms with E-state index in [9.17, 15) is 4.79 Å². The van der Waals surface area contributed by atoms with Gasteiger partial charge in [0.2, 0.25) is 6.79 Å². The molecule has 0 saturated heterocycles. The molecule has 0 radical (unpaired) electrons. The van der Waals surface area contributed by atoms with E-state index in [1.807, 2.05) is 29.9 Å². The lowest BCUT2D eigenvalue weighted by atomic mass is 9.69. The largest absolute Gasteiger partial charge is 0.455 e. The number of hydrogen-bond acceptors (Lipinski definition) is 6. The van der Waals surface area contributed by atoms with E-state index in [-0.39, 0.29) is 18.1 Å². The van der Waals surface area contributed by atoms with E-state index in [0.717, 1.165) is 48.1 Å². The number of fused-ring (bicyclic) bond motifs is 1. The van der Waals surface area contributed by atoms with Gasteiger partial charge in [-0.1, -0.05) is 37.1 Å². The Kier molecular flexibility index (Phi) is 5.87. The number of benzene rings is 1. The third kappa shape index (κ3) is 4.24. The fraction of sp³-hybridized carbons (Fsp3) is 0.417. The molecule has 3 aromatic rings. The van der Waals surface area contributed by atoms with Crippen molar-refractivity contribution in [1.29, 1.82) is 0 Å². The van der Waals surface area contributed by atoms with Crippen LogP contribution in [0, 0.1) is 0 Å². The van der Waals surface area contributed by atoms with Crippen molar-refractivity contribution in [2.45, 2.75) is 48.4 Å². The Hall–Kier alpha value is -2.87. The second-order valence-electron chi connectivity index (χ2n) is 8.47. The number of thioether (sulfide) groups is 1. The maximum absolute atomic E-state index is 12.9. The predicted molar refractivity (Wildman–Crippen MR) is 121 cm³/mol. The van der Waals surface area contributed by atoms with E-state index in [1.54, 1.807) is 24.0 Å². The van der Waals surface area contributed by atoms with Gasteiger partial charge in [0.15, 0.2) is 22.4 Å². The lowest BCUT2D eigenvalue weighted by molar-refractivity contribution is 0.0907. The molecule has 0 spiro atoms. The van der Waals surface area contributed by atoms with E-state index < -0.39 is 0 Å². The fourth-order valence-corrected chi connectivity index (χ4v) is 5.39. The zero-order valence-corrected chi connectivity index (χ0v) is 19.0. The van der Waals surface area contributed by atoms with Crippen LogP contribution in [-0.4, -0.2) is 28.8 Å². The van der Waals surface area contributed by atoms with Crippen LogP contribution in [0.3, 0.4) is 0 Å². The number of amides is 1. The van der Waals surface area contributed by atoms with Crippen LogP contribution in [0.1, 0.15) is 54.0 Å². The highest BCUT2D eigenvalue weighted by molar-refractivity contribution is 7.98. The average molecular weight is 454 g/mol. The molecule has 168 valence electrons. The Morgan fingerprint density at radius 3 is 2.81 bits per heavy atom. The second kappa shape index (κ2) is 8.94. The molecule has 1 aliphatic carbocycles. The van der Waals surface area contributed by atoms with Crippen LogP contribution in [0.5, 0.6) is 11.5 Å². The zero-order chi connectivity index (χ0) is 22.0. The van der Waals surface area contributed by atoms with Crippen LogP contribution in [0.25, 0.3) is 0 Å². The van der Waals surface area contributed by atoms with Gasteiger partial charge in [-0.25, -0.2) is 4.98 Å². The summed E-state index contributed by atoms with van der Waals surface area (Å²) >= 11 is 1.58. The maximum Gasteiger partial charge on any atom is 0.287 e. The molecule has 1 aromatic carbocycles. The quantitative estimate of drug-likeness (QED) is 0.524. The molecule has 3 heterocycles. The van der Waals surface area contributed by atoms with Crippen LogP contribution in [-0.2, 0) is 18.2 Å². The van der Waals surface area contributed by atoms with Gasteiger partial charge < -0.3 is 23.8 Å². The van der Waals surface area contributed by atoms with Crippen molar-refractivity contribution in [2.75, 3.05) is 13.3 Å². The van der Waals surface area contributed by atoms with Crippen molar-refractivity contribution < 1.29 is 18.7 Å². The highest BCUT2D eigenvalue weighted by atomic mass is 32.2. The van der Waals surface area contributed by atoms with Crippen molar-refractivity contribution in [3.8, 4) is 11.5 Å². The lowest BCUT2D eigenvalue weighted by Crippen LogP contribution is -2.42. The van der Waals surface area contributed by atoms with E-state index in [0.29, 0.717) is 18.1 Å². The van der Waals surface area contributed by atoms with Crippen molar-refractivity contribution in [1.82, 2.24) is 14.9 Å². The summed E-state index contributed by atoms with van der Waals surface area (Å²) in [4.78, 5) is 17.2. The van der Waals surface area contributed by atoms with Gasteiger partial charge in [-0.2, -0.15) is 0 Å². The second-order valence-corrected chi connectivity index (χ2v) is 9.41. The summed E-state index contributed by atoms with van der Waals surface area (Å²) in [6.07, 6.45) is 9.29. The van der Waals surface area contributed by atoms with Crippen molar-refractivity contribution >= 4 is 17.7 Å². The first-order valence-corrected chi connectivity index (χ1v) is 12.0. The number of carbonyl (C=O) groups is 1. The molecule has 8 heteroatoms. The number of imidazole rings is 1. The van der Waals surface area contributed by atoms with E-state index >= 15 is 0 Å². The van der Waals surface area contributed by atoms with Gasteiger partial charge in [0.25, 0.3) is 5.91 Å². The van der Waals surface area contributed by atoms with Crippen LogP contribution in [0.2, 0.25) is 0 Å². The minimum absolute atomic E-state index is 0.0988. The molecule has 1 amide bonds. The third-order valence-electron chi connectivity index (χ3n) is 6.39. The number of nitrogens with one attached hydrogen (secondary N) is 1. The molecule has 0 unspecified atom stereocenters. The van der Waals surface area contributed by atoms with Crippen molar-refractivity contribution in [3.63, 3.8) is 0 Å². The van der Waals surface area contributed by atoms with Gasteiger partial charge in [-0.15, -0.1) is 0 Å². The molecule has 7 nitrogen and oxygen atoms in total. The summed E-state index contributed by atoms with van der Waals surface area (Å²) in [6, 6.07) is 9.79. The smallest absolute Gasteiger partial charge is 0.287 e. The van der Waals surface area contributed by atoms with Crippen molar-refractivity contribution in [2.24, 2.45) is 7.05 Å². The summed E-state index contributed by atoms with van der Waals surface area (Å²) in [5.41, 5.74) is 1.10. The van der Waals surface area contributed by atoms with Crippen molar-refractivity contribution in [3.05, 3.63) is 59.8 Å². The summed E-state index contributed by atoms with van der Waals surface area (Å²) in [7, 11) is 1.96. The van der Waals surface area contributed by atoms with Crippen LogP contribution >= 0.6 is 11.8 Å². The number of furan rings is 1. The zero-order valence-electron chi connectivity index (χ0n) is 18.1. The van der Waals surface area contributed by atoms with E-state index in [2.05, 4.69) is 22.4 Å². The van der Waals surface area contributed by atoms with Gasteiger partial charge in [0, 0.05) is 31.4 Å². The molecule has 0 bridgehead atoms. The highest BCUT2D eigenvalue weighted by Crippen LogP contribution is 2.43. The number of hydrogen-bond donors (Lipinski definition) is 1. The minimum atomic E-state index is -0.177. The molecular weight excluding hydrogens is 426 g/mol. The number of carbonyl (C=O) groups excluding carboxylic acids is 1. The summed E-state index contributed by atoms with van der Waals surface area (Å²) < 4.78 is 18.8. The minimum Gasteiger partial charge on any atom is -0.455 e. The Labute approximate surface area is 191 Å². The van der Waals surface area contributed by atoms with Gasteiger partial charge in [0.1, 0.15) is 5.76 Å². The Balaban J connectivity index is 1.25. The summed E-state index contributed by atoms with van der Waals surface area (Å²) in [6.45, 7) is 0.839. The average Bonchev–Trinajstić information content (AvgIpc) is 3.57. The number of aromatic nitrogens is 2. The Morgan fingerprint density at radius 2 is 2.00 bits per heavy atom. The van der Waals surface area contributed by atoms with Gasteiger partial charge in [-0.05, 0) is 42.7 Å². The van der Waals surface area contributed by atoms with Gasteiger partial charge >= 0.3 is 0 Å². The van der Waals surface area contributed by atoms with E-state index in [4.69, 9.17) is 13.9 Å². The monoisotopic (exact) mass is 453 g/mol. The molecule has 2 aromatic heterocycles. The molecule has 1 fully saturated rings. The molecule has 32 heavy (non-hydrogen) atoms. The van der Waals surface area contributed by atoms with Crippen LogP contribution < -0.4 is 14.8 Å². The molecule has 0 atom stereocenters. The van der Waals surface area contributed by atoms with E-state index in [1.165, 1.54) is 12.0 Å². The highest BCUT2D eigenvalue weighted by Gasteiger charge is 2.35. The first-order valence-electron chi connectivity index (χ1n) is 11.0. The number of ether oxygens (including phenoxy) is 2. The van der Waals surface area contributed by atoms with Crippen LogP contribution in [0.4, 0.5) is 0 Å².